The fourth-order valence-corrected chi connectivity index (χ4v) is 2.82. The molecule has 6 nitrogen and oxygen atoms in total. The van der Waals surface area contributed by atoms with E-state index in [-0.39, 0.29) is 11.8 Å². The van der Waals surface area contributed by atoms with Gasteiger partial charge < -0.3 is 20.1 Å². The molecule has 2 aromatic carbocycles. The molecule has 0 heterocycles. The van der Waals surface area contributed by atoms with Crippen LogP contribution < -0.4 is 20.1 Å². The second-order valence-corrected chi connectivity index (χ2v) is 6.45. The lowest BCUT2D eigenvalue weighted by molar-refractivity contribution is -0.121. The molecule has 0 saturated heterocycles. The van der Waals surface area contributed by atoms with E-state index >= 15 is 0 Å². The molecule has 6 heteroatoms. The molecule has 0 aromatic heterocycles. The molecule has 0 aliphatic heterocycles. The SMILES string of the molecule is CCCC(=O)Nc1cccc(CNC(=O)CCc2cc(OC)ccc2OC)c1. The molecule has 0 radical (unpaired) electrons. The molecular formula is C22H28N2O4. The Morgan fingerprint density at radius 2 is 1.79 bits per heavy atom. The van der Waals surface area contributed by atoms with Gasteiger partial charge in [-0.3, -0.25) is 9.59 Å². The summed E-state index contributed by atoms with van der Waals surface area (Å²) in [4.78, 5) is 23.9. The van der Waals surface area contributed by atoms with Gasteiger partial charge in [-0.2, -0.15) is 0 Å². The lowest BCUT2D eigenvalue weighted by Gasteiger charge is -2.11. The van der Waals surface area contributed by atoms with E-state index in [0.717, 1.165) is 34.7 Å². The van der Waals surface area contributed by atoms with E-state index in [1.807, 2.05) is 49.4 Å². The van der Waals surface area contributed by atoms with Crippen molar-refractivity contribution in [3.8, 4) is 11.5 Å². The first-order chi connectivity index (χ1) is 13.5. The molecule has 0 fully saturated rings. The molecule has 0 atom stereocenters. The van der Waals surface area contributed by atoms with Crippen molar-refractivity contribution in [1.29, 1.82) is 0 Å². The highest BCUT2D eigenvalue weighted by molar-refractivity contribution is 5.90. The Balaban J connectivity index is 1.87. The maximum absolute atomic E-state index is 12.2. The van der Waals surface area contributed by atoms with Crippen LogP contribution in [0.15, 0.2) is 42.5 Å². The molecule has 2 rings (SSSR count). The summed E-state index contributed by atoms with van der Waals surface area (Å²) in [6.45, 7) is 2.37. The van der Waals surface area contributed by atoms with E-state index in [9.17, 15) is 9.59 Å². The third-order valence-corrected chi connectivity index (χ3v) is 4.29. The molecule has 28 heavy (non-hydrogen) atoms. The molecule has 2 aromatic rings. The van der Waals surface area contributed by atoms with E-state index in [2.05, 4.69) is 10.6 Å². The minimum absolute atomic E-state index is 0.00378. The van der Waals surface area contributed by atoms with Crippen molar-refractivity contribution in [2.24, 2.45) is 0 Å². The predicted octanol–water partition coefficient (Wildman–Crippen LogP) is 3.69. The first-order valence-electron chi connectivity index (χ1n) is 9.42. The summed E-state index contributed by atoms with van der Waals surface area (Å²) in [6.07, 6.45) is 2.20. The topological polar surface area (TPSA) is 76.7 Å². The van der Waals surface area contributed by atoms with Crippen LogP contribution in [0.25, 0.3) is 0 Å². The monoisotopic (exact) mass is 384 g/mol. The lowest BCUT2D eigenvalue weighted by atomic mass is 10.1. The first kappa shape index (κ1) is 21.3. The number of rotatable bonds is 10. The number of ether oxygens (including phenoxy) is 2. The molecule has 0 aliphatic carbocycles. The smallest absolute Gasteiger partial charge is 0.224 e. The Morgan fingerprint density at radius 3 is 2.50 bits per heavy atom. The minimum Gasteiger partial charge on any atom is -0.497 e. The average Bonchev–Trinajstić information content (AvgIpc) is 2.70. The quantitative estimate of drug-likeness (QED) is 0.655. The van der Waals surface area contributed by atoms with Gasteiger partial charge in [0.1, 0.15) is 11.5 Å². The fraction of sp³-hybridized carbons (Fsp3) is 0.364. The lowest BCUT2D eigenvalue weighted by Crippen LogP contribution is -2.23. The predicted molar refractivity (Wildman–Crippen MR) is 110 cm³/mol. The summed E-state index contributed by atoms with van der Waals surface area (Å²) >= 11 is 0. The van der Waals surface area contributed by atoms with Crippen LogP contribution in [0, 0.1) is 0 Å². The second-order valence-electron chi connectivity index (χ2n) is 6.45. The molecule has 0 unspecified atom stereocenters. The van der Waals surface area contributed by atoms with E-state index in [4.69, 9.17) is 9.47 Å². The average molecular weight is 384 g/mol. The van der Waals surface area contributed by atoms with Gasteiger partial charge in [-0.05, 0) is 54.3 Å². The summed E-state index contributed by atoms with van der Waals surface area (Å²) in [5, 5.41) is 5.78. The van der Waals surface area contributed by atoms with Gasteiger partial charge >= 0.3 is 0 Å². The number of nitrogens with one attached hydrogen (secondary N) is 2. The summed E-state index contributed by atoms with van der Waals surface area (Å²) < 4.78 is 10.6. The highest BCUT2D eigenvalue weighted by atomic mass is 16.5. The van der Waals surface area contributed by atoms with Crippen molar-refractivity contribution >= 4 is 17.5 Å². The number of carbonyl (C=O) groups is 2. The van der Waals surface area contributed by atoms with Crippen molar-refractivity contribution < 1.29 is 19.1 Å². The van der Waals surface area contributed by atoms with E-state index in [1.54, 1.807) is 14.2 Å². The Morgan fingerprint density at radius 1 is 0.964 bits per heavy atom. The normalized spacial score (nSPS) is 10.2. The first-order valence-corrected chi connectivity index (χ1v) is 9.42. The summed E-state index contributed by atoms with van der Waals surface area (Å²) in [7, 11) is 3.22. The Labute approximate surface area is 166 Å². The Hall–Kier alpha value is -3.02. The number of amides is 2. The molecule has 2 amide bonds. The van der Waals surface area contributed by atoms with Gasteiger partial charge in [0.15, 0.2) is 0 Å². The van der Waals surface area contributed by atoms with Crippen LogP contribution in [0.2, 0.25) is 0 Å². The highest BCUT2D eigenvalue weighted by Gasteiger charge is 2.09. The zero-order chi connectivity index (χ0) is 20.4. The van der Waals surface area contributed by atoms with Crippen LogP contribution in [-0.4, -0.2) is 26.0 Å². The van der Waals surface area contributed by atoms with Gasteiger partial charge in [-0.1, -0.05) is 19.1 Å². The van der Waals surface area contributed by atoms with Gasteiger partial charge in [0.2, 0.25) is 11.8 Å². The molecule has 0 spiro atoms. The van der Waals surface area contributed by atoms with Crippen molar-refractivity contribution in [2.75, 3.05) is 19.5 Å². The Bertz CT molecular complexity index is 805. The standard InChI is InChI=1S/C22H28N2O4/c1-4-6-22(26)24-18-8-5-7-16(13-18)15-23-21(25)12-9-17-14-19(27-2)10-11-20(17)28-3/h5,7-8,10-11,13-14H,4,6,9,12,15H2,1-3H3,(H,23,25)(H,24,26). The van der Waals surface area contributed by atoms with Crippen molar-refractivity contribution in [3.05, 3.63) is 53.6 Å². The highest BCUT2D eigenvalue weighted by Crippen LogP contribution is 2.25. The number of hydrogen-bond acceptors (Lipinski definition) is 4. The van der Waals surface area contributed by atoms with Crippen molar-refractivity contribution in [3.63, 3.8) is 0 Å². The van der Waals surface area contributed by atoms with Crippen molar-refractivity contribution in [1.82, 2.24) is 5.32 Å². The second kappa shape index (κ2) is 11.0. The van der Waals surface area contributed by atoms with Crippen LogP contribution in [0.3, 0.4) is 0 Å². The summed E-state index contributed by atoms with van der Waals surface area (Å²) in [5.41, 5.74) is 2.60. The number of aryl methyl sites for hydroxylation is 1. The molecule has 0 aliphatic rings. The van der Waals surface area contributed by atoms with Crippen molar-refractivity contribution in [2.45, 2.75) is 39.2 Å². The van der Waals surface area contributed by atoms with Crippen LogP contribution in [-0.2, 0) is 22.6 Å². The van der Waals surface area contributed by atoms with E-state index in [1.165, 1.54) is 0 Å². The van der Waals surface area contributed by atoms with Gasteiger partial charge in [0, 0.05) is 25.1 Å². The van der Waals surface area contributed by atoms with Gasteiger partial charge in [0.05, 0.1) is 14.2 Å². The van der Waals surface area contributed by atoms with Gasteiger partial charge in [-0.15, -0.1) is 0 Å². The maximum Gasteiger partial charge on any atom is 0.224 e. The molecule has 2 N–H and O–H groups in total. The third kappa shape index (κ3) is 6.61. The molecule has 0 bridgehead atoms. The van der Waals surface area contributed by atoms with Crippen LogP contribution >= 0.6 is 0 Å². The largest absolute Gasteiger partial charge is 0.497 e. The fourth-order valence-electron chi connectivity index (χ4n) is 2.82. The summed E-state index contributed by atoms with van der Waals surface area (Å²) in [6, 6.07) is 13.0. The number of benzene rings is 2. The van der Waals surface area contributed by atoms with Crippen LogP contribution in [0.5, 0.6) is 11.5 Å². The minimum atomic E-state index is -0.0507. The Kier molecular flexibility index (Phi) is 8.34. The van der Waals surface area contributed by atoms with E-state index in [0.29, 0.717) is 25.8 Å². The zero-order valence-corrected chi connectivity index (χ0v) is 16.7. The molecule has 150 valence electrons. The number of carbonyl (C=O) groups excluding carboxylic acids is 2. The zero-order valence-electron chi connectivity index (χ0n) is 16.7. The number of methoxy groups -OCH3 is 2. The molecule has 0 saturated carbocycles. The number of anilines is 1. The van der Waals surface area contributed by atoms with Gasteiger partial charge in [-0.25, -0.2) is 0 Å². The molecular weight excluding hydrogens is 356 g/mol. The summed E-state index contributed by atoms with van der Waals surface area (Å²) in [5.74, 6) is 1.42. The van der Waals surface area contributed by atoms with E-state index < -0.39 is 0 Å². The maximum atomic E-state index is 12.2. The van der Waals surface area contributed by atoms with Crippen LogP contribution in [0.1, 0.15) is 37.3 Å². The third-order valence-electron chi connectivity index (χ3n) is 4.29. The van der Waals surface area contributed by atoms with Crippen LogP contribution in [0.4, 0.5) is 5.69 Å². The number of hydrogen-bond donors (Lipinski definition) is 2. The van der Waals surface area contributed by atoms with Gasteiger partial charge in [0.25, 0.3) is 0 Å².